The van der Waals surface area contributed by atoms with Crippen LogP contribution in [-0.4, -0.2) is 6.10 Å². The molecule has 2 nitrogen and oxygen atoms in total. The van der Waals surface area contributed by atoms with Crippen LogP contribution in [0.15, 0.2) is 36.4 Å². The summed E-state index contributed by atoms with van der Waals surface area (Å²) in [6.45, 7) is 0. The van der Waals surface area contributed by atoms with Gasteiger partial charge in [-0.3, -0.25) is 0 Å². The van der Waals surface area contributed by atoms with Crippen molar-refractivity contribution in [3.63, 3.8) is 0 Å². The van der Waals surface area contributed by atoms with E-state index in [1.807, 2.05) is 18.2 Å². The summed E-state index contributed by atoms with van der Waals surface area (Å²) >= 11 is 0. The van der Waals surface area contributed by atoms with Crippen LogP contribution in [0.2, 0.25) is 0 Å². The molecule has 0 aromatic heterocycles. The molecular weight excluding hydrogens is 272 g/mol. The third-order valence-corrected chi connectivity index (χ3v) is 3.85. The first-order valence-corrected chi connectivity index (χ1v) is 7.15. The van der Waals surface area contributed by atoms with Gasteiger partial charge in [0, 0.05) is 0 Å². The Labute approximate surface area is 122 Å². The molecule has 0 atom stereocenters. The predicted octanol–water partition coefficient (Wildman–Crippen LogP) is 4.54. The molecule has 0 radical (unpaired) electrons. The van der Waals surface area contributed by atoms with Gasteiger partial charge in [0.2, 0.25) is 0 Å². The zero-order chi connectivity index (χ0) is 14.8. The molecule has 0 unspecified atom stereocenters. The highest BCUT2D eigenvalue weighted by atomic mass is 19.1. The molecule has 0 saturated heterocycles. The van der Waals surface area contributed by atoms with Crippen LogP contribution in [0.5, 0.6) is 5.75 Å². The summed E-state index contributed by atoms with van der Waals surface area (Å²) in [4.78, 5) is 0. The lowest BCUT2D eigenvalue weighted by Crippen LogP contribution is -2.10. The fourth-order valence-corrected chi connectivity index (χ4v) is 2.70. The van der Waals surface area contributed by atoms with Gasteiger partial charge >= 0.3 is 0 Å². The first-order valence-electron chi connectivity index (χ1n) is 7.15. The van der Waals surface area contributed by atoms with Crippen LogP contribution in [-0.2, 0) is 0 Å². The SMILES string of the molecule is Nc1c(F)cc(-c2cccc(OC3CCCC3)c2)cc1F. The van der Waals surface area contributed by atoms with Gasteiger partial charge in [0.05, 0.1) is 6.10 Å². The number of hydrogen-bond donors (Lipinski definition) is 1. The number of nitrogens with two attached hydrogens (primary N) is 1. The standard InChI is InChI=1S/C17H17F2NO/c18-15-9-12(10-16(19)17(15)20)11-4-3-7-14(8-11)21-13-5-1-2-6-13/h3-4,7-10,13H,1-2,5-6,20H2. The smallest absolute Gasteiger partial charge is 0.149 e. The molecule has 1 saturated carbocycles. The van der Waals surface area contributed by atoms with E-state index in [-0.39, 0.29) is 6.10 Å². The molecule has 0 heterocycles. The molecule has 4 heteroatoms. The summed E-state index contributed by atoms with van der Waals surface area (Å²) in [5.74, 6) is -0.753. The van der Waals surface area contributed by atoms with Gasteiger partial charge in [0.15, 0.2) is 0 Å². The number of rotatable bonds is 3. The number of hydrogen-bond acceptors (Lipinski definition) is 2. The maximum absolute atomic E-state index is 13.6. The van der Waals surface area contributed by atoms with Gasteiger partial charge in [-0.05, 0) is 61.1 Å². The Morgan fingerprint density at radius 1 is 0.952 bits per heavy atom. The third kappa shape index (κ3) is 2.99. The fourth-order valence-electron chi connectivity index (χ4n) is 2.70. The van der Waals surface area contributed by atoms with Crippen molar-refractivity contribution in [3.8, 4) is 16.9 Å². The highest BCUT2D eigenvalue weighted by molar-refractivity contribution is 5.67. The molecule has 2 aromatic rings. The number of halogens is 2. The summed E-state index contributed by atoms with van der Waals surface area (Å²) in [5.41, 5.74) is 6.01. The summed E-state index contributed by atoms with van der Waals surface area (Å²) in [6, 6.07) is 9.78. The zero-order valence-corrected chi connectivity index (χ0v) is 11.6. The van der Waals surface area contributed by atoms with Gasteiger partial charge in [-0.15, -0.1) is 0 Å². The van der Waals surface area contributed by atoms with Crippen LogP contribution in [0.3, 0.4) is 0 Å². The van der Waals surface area contributed by atoms with E-state index in [2.05, 4.69) is 0 Å². The lowest BCUT2D eigenvalue weighted by Gasteiger charge is -2.14. The number of nitrogen functional groups attached to an aromatic ring is 1. The zero-order valence-electron chi connectivity index (χ0n) is 11.6. The second kappa shape index (κ2) is 5.72. The molecule has 0 spiro atoms. The van der Waals surface area contributed by atoms with E-state index in [1.165, 1.54) is 25.0 Å². The lowest BCUT2D eigenvalue weighted by atomic mass is 10.0. The molecule has 110 valence electrons. The van der Waals surface area contributed by atoms with E-state index in [1.54, 1.807) is 6.07 Å². The number of benzene rings is 2. The molecule has 2 N–H and O–H groups in total. The van der Waals surface area contributed by atoms with Gasteiger partial charge in [0.25, 0.3) is 0 Å². The van der Waals surface area contributed by atoms with E-state index in [4.69, 9.17) is 10.5 Å². The van der Waals surface area contributed by atoms with Gasteiger partial charge in [-0.2, -0.15) is 0 Å². The molecular formula is C17H17F2NO. The highest BCUT2D eigenvalue weighted by Crippen LogP contribution is 2.30. The van der Waals surface area contributed by atoms with Crippen molar-refractivity contribution in [1.29, 1.82) is 0 Å². The van der Waals surface area contributed by atoms with Crippen LogP contribution in [0.1, 0.15) is 25.7 Å². The van der Waals surface area contributed by atoms with Crippen LogP contribution in [0.25, 0.3) is 11.1 Å². The van der Waals surface area contributed by atoms with E-state index in [0.717, 1.165) is 18.6 Å². The van der Waals surface area contributed by atoms with Crippen LogP contribution in [0.4, 0.5) is 14.5 Å². The molecule has 3 rings (SSSR count). The monoisotopic (exact) mass is 289 g/mol. The second-order valence-electron chi connectivity index (χ2n) is 5.41. The van der Waals surface area contributed by atoms with E-state index in [0.29, 0.717) is 11.1 Å². The van der Waals surface area contributed by atoms with Crippen molar-refractivity contribution in [3.05, 3.63) is 48.0 Å². The van der Waals surface area contributed by atoms with Crippen molar-refractivity contribution in [1.82, 2.24) is 0 Å². The Hall–Kier alpha value is -2.10. The molecule has 1 aliphatic carbocycles. The average molecular weight is 289 g/mol. The minimum atomic E-state index is -0.743. The van der Waals surface area contributed by atoms with Crippen molar-refractivity contribution >= 4 is 5.69 Å². The van der Waals surface area contributed by atoms with E-state index >= 15 is 0 Å². The van der Waals surface area contributed by atoms with Crippen molar-refractivity contribution in [2.45, 2.75) is 31.8 Å². The Kier molecular flexibility index (Phi) is 3.78. The normalized spacial score (nSPS) is 15.3. The Morgan fingerprint density at radius 3 is 2.29 bits per heavy atom. The third-order valence-electron chi connectivity index (χ3n) is 3.85. The maximum Gasteiger partial charge on any atom is 0.149 e. The predicted molar refractivity (Wildman–Crippen MR) is 79.1 cm³/mol. The van der Waals surface area contributed by atoms with Crippen molar-refractivity contribution < 1.29 is 13.5 Å². The van der Waals surface area contributed by atoms with Gasteiger partial charge < -0.3 is 10.5 Å². The Morgan fingerprint density at radius 2 is 1.62 bits per heavy atom. The molecule has 1 aliphatic rings. The topological polar surface area (TPSA) is 35.2 Å². The van der Waals surface area contributed by atoms with Gasteiger partial charge in [0.1, 0.15) is 23.1 Å². The van der Waals surface area contributed by atoms with Crippen LogP contribution < -0.4 is 10.5 Å². The number of ether oxygens (including phenoxy) is 1. The Balaban J connectivity index is 1.88. The minimum absolute atomic E-state index is 0.250. The summed E-state index contributed by atoms with van der Waals surface area (Å²) < 4.78 is 33.0. The van der Waals surface area contributed by atoms with Crippen molar-refractivity contribution in [2.75, 3.05) is 5.73 Å². The first kappa shape index (κ1) is 13.9. The van der Waals surface area contributed by atoms with Gasteiger partial charge in [-0.1, -0.05) is 12.1 Å². The molecule has 1 fully saturated rings. The Bertz CT molecular complexity index is 628. The molecule has 0 amide bonds. The van der Waals surface area contributed by atoms with Gasteiger partial charge in [-0.25, -0.2) is 8.78 Å². The van der Waals surface area contributed by atoms with Crippen molar-refractivity contribution in [2.24, 2.45) is 0 Å². The van der Waals surface area contributed by atoms with Crippen LogP contribution >= 0.6 is 0 Å². The minimum Gasteiger partial charge on any atom is -0.490 e. The van der Waals surface area contributed by atoms with E-state index < -0.39 is 17.3 Å². The van der Waals surface area contributed by atoms with Crippen LogP contribution in [0, 0.1) is 11.6 Å². The average Bonchev–Trinajstić information content (AvgIpc) is 2.97. The lowest BCUT2D eigenvalue weighted by molar-refractivity contribution is 0.210. The first-order chi connectivity index (χ1) is 10.1. The largest absolute Gasteiger partial charge is 0.490 e. The summed E-state index contributed by atoms with van der Waals surface area (Å²) in [6.07, 6.45) is 4.77. The molecule has 0 bridgehead atoms. The van der Waals surface area contributed by atoms with E-state index in [9.17, 15) is 8.78 Å². The number of anilines is 1. The second-order valence-corrected chi connectivity index (χ2v) is 5.41. The highest BCUT2D eigenvalue weighted by Gasteiger charge is 2.17. The molecule has 21 heavy (non-hydrogen) atoms. The summed E-state index contributed by atoms with van der Waals surface area (Å²) in [7, 11) is 0. The fraction of sp³-hybridized carbons (Fsp3) is 0.294. The molecule has 0 aliphatic heterocycles. The molecule has 2 aromatic carbocycles. The summed E-state index contributed by atoms with van der Waals surface area (Å²) in [5, 5.41) is 0. The quantitative estimate of drug-likeness (QED) is 0.842. The maximum atomic E-state index is 13.6.